The molecule has 5 heteroatoms. The van der Waals surface area contributed by atoms with Crippen LogP contribution in [0.5, 0.6) is 0 Å². The number of nitrogens with zero attached hydrogens (tertiary/aromatic N) is 1. The van der Waals surface area contributed by atoms with Crippen LogP contribution in [0, 0.1) is 5.92 Å². The smallest absolute Gasteiger partial charge is 0.256 e. The van der Waals surface area contributed by atoms with Crippen LogP contribution in [0.4, 0.5) is 11.4 Å². The van der Waals surface area contributed by atoms with Gasteiger partial charge in [-0.3, -0.25) is 9.59 Å². The quantitative estimate of drug-likeness (QED) is 0.311. The second-order valence-electron chi connectivity index (χ2n) is 9.99. The summed E-state index contributed by atoms with van der Waals surface area (Å²) < 4.78 is 0. The van der Waals surface area contributed by atoms with Gasteiger partial charge in [0, 0.05) is 30.0 Å². The number of rotatable bonds is 6. The van der Waals surface area contributed by atoms with Gasteiger partial charge in [-0.1, -0.05) is 73.7 Å². The molecule has 1 fully saturated rings. The second-order valence-corrected chi connectivity index (χ2v) is 9.99. The van der Waals surface area contributed by atoms with Crippen LogP contribution in [-0.4, -0.2) is 24.9 Å². The summed E-state index contributed by atoms with van der Waals surface area (Å²) in [5.41, 5.74) is 3.74. The van der Waals surface area contributed by atoms with E-state index in [1.54, 1.807) is 0 Å². The highest BCUT2D eigenvalue weighted by Crippen LogP contribution is 2.30. The standard InChI is InChI=1S/C32H33N3O2/c1-22-17-19-35(20-18-22)30-16-15-26(21-29(30)32(37)33-23(2)24-9-4-3-5-10-24)34-31(36)28-14-8-12-25-11-6-7-13-27(25)28/h3-16,21-23H,17-20H2,1-2H3,(H,33,37)(H,34,36). The number of anilines is 2. The fraction of sp³-hybridized carbons (Fsp3) is 0.250. The summed E-state index contributed by atoms with van der Waals surface area (Å²) in [6.45, 7) is 6.09. The highest BCUT2D eigenvalue weighted by molar-refractivity contribution is 6.13. The third-order valence-electron chi connectivity index (χ3n) is 7.30. The largest absolute Gasteiger partial charge is 0.371 e. The van der Waals surface area contributed by atoms with Crippen LogP contribution in [0.2, 0.25) is 0 Å². The molecule has 1 unspecified atom stereocenters. The Bertz CT molecular complexity index is 1400. The molecule has 0 aliphatic carbocycles. The van der Waals surface area contributed by atoms with E-state index in [1.165, 1.54) is 0 Å². The lowest BCUT2D eigenvalue weighted by molar-refractivity contribution is 0.0939. The number of fused-ring (bicyclic) bond motifs is 1. The maximum Gasteiger partial charge on any atom is 0.256 e. The van der Waals surface area contributed by atoms with E-state index >= 15 is 0 Å². The van der Waals surface area contributed by atoms with Crippen LogP contribution in [0.3, 0.4) is 0 Å². The molecule has 1 aliphatic rings. The summed E-state index contributed by atoms with van der Waals surface area (Å²) in [7, 11) is 0. The Morgan fingerprint density at radius 3 is 2.30 bits per heavy atom. The van der Waals surface area contributed by atoms with Crippen molar-refractivity contribution in [3.05, 3.63) is 108 Å². The van der Waals surface area contributed by atoms with Gasteiger partial charge in [-0.25, -0.2) is 0 Å². The maximum absolute atomic E-state index is 13.6. The van der Waals surface area contributed by atoms with Gasteiger partial charge in [-0.2, -0.15) is 0 Å². The minimum atomic E-state index is -0.194. The molecular formula is C32H33N3O2. The van der Waals surface area contributed by atoms with E-state index in [-0.39, 0.29) is 17.9 Å². The molecule has 37 heavy (non-hydrogen) atoms. The molecule has 5 nitrogen and oxygen atoms in total. The van der Waals surface area contributed by atoms with Crippen LogP contribution < -0.4 is 15.5 Å². The molecule has 0 saturated carbocycles. The Balaban J connectivity index is 1.44. The van der Waals surface area contributed by atoms with E-state index < -0.39 is 0 Å². The lowest BCUT2D eigenvalue weighted by Gasteiger charge is -2.33. The van der Waals surface area contributed by atoms with Crippen molar-refractivity contribution in [1.29, 1.82) is 0 Å². The number of hydrogen-bond acceptors (Lipinski definition) is 3. The molecule has 1 atom stereocenters. The average molecular weight is 492 g/mol. The van der Waals surface area contributed by atoms with Gasteiger partial charge >= 0.3 is 0 Å². The number of benzene rings is 4. The van der Waals surface area contributed by atoms with Crippen molar-refractivity contribution < 1.29 is 9.59 Å². The summed E-state index contributed by atoms with van der Waals surface area (Å²) in [6.07, 6.45) is 2.20. The van der Waals surface area contributed by atoms with Gasteiger partial charge in [0.1, 0.15) is 0 Å². The lowest BCUT2D eigenvalue weighted by atomic mass is 9.97. The molecule has 4 aromatic carbocycles. The zero-order valence-corrected chi connectivity index (χ0v) is 21.4. The normalized spacial score (nSPS) is 14.8. The molecule has 0 bridgehead atoms. The average Bonchev–Trinajstić information content (AvgIpc) is 2.93. The van der Waals surface area contributed by atoms with Crippen LogP contribution in [0.1, 0.15) is 59.0 Å². The van der Waals surface area contributed by atoms with E-state index in [9.17, 15) is 9.59 Å². The van der Waals surface area contributed by atoms with Crippen molar-refractivity contribution in [2.45, 2.75) is 32.7 Å². The predicted octanol–water partition coefficient (Wildman–Crippen LogP) is 6.82. The minimum absolute atomic E-state index is 0.142. The molecule has 1 heterocycles. The van der Waals surface area contributed by atoms with E-state index in [0.717, 1.165) is 48.0 Å². The zero-order chi connectivity index (χ0) is 25.8. The van der Waals surface area contributed by atoms with Gasteiger partial charge in [0.05, 0.1) is 11.6 Å². The van der Waals surface area contributed by atoms with E-state index in [1.807, 2.05) is 97.9 Å². The topological polar surface area (TPSA) is 61.4 Å². The van der Waals surface area contributed by atoms with Gasteiger partial charge < -0.3 is 15.5 Å². The highest BCUT2D eigenvalue weighted by atomic mass is 16.2. The fourth-order valence-electron chi connectivity index (χ4n) is 5.04. The summed E-state index contributed by atoms with van der Waals surface area (Å²) in [5.74, 6) is 0.345. The van der Waals surface area contributed by atoms with E-state index in [0.29, 0.717) is 22.7 Å². The summed E-state index contributed by atoms with van der Waals surface area (Å²) >= 11 is 0. The van der Waals surface area contributed by atoms with Crippen molar-refractivity contribution in [2.24, 2.45) is 5.92 Å². The molecule has 4 aromatic rings. The Hall–Kier alpha value is -4.12. The predicted molar refractivity (Wildman–Crippen MR) is 151 cm³/mol. The Morgan fingerprint density at radius 1 is 0.811 bits per heavy atom. The van der Waals surface area contributed by atoms with Crippen molar-refractivity contribution in [3.63, 3.8) is 0 Å². The van der Waals surface area contributed by atoms with Crippen molar-refractivity contribution >= 4 is 34.0 Å². The molecule has 188 valence electrons. The summed E-state index contributed by atoms with van der Waals surface area (Å²) in [6, 6.07) is 29.0. The first-order valence-corrected chi connectivity index (χ1v) is 13.0. The van der Waals surface area contributed by atoms with Crippen LogP contribution in [0.15, 0.2) is 91.0 Å². The third kappa shape index (κ3) is 5.51. The monoisotopic (exact) mass is 491 g/mol. The van der Waals surface area contributed by atoms with Crippen molar-refractivity contribution in [1.82, 2.24) is 5.32 Å². The van der Waals surface area contributed by atoms with Crippen LogP contribution >= 0.6 is 0 Å². The highest BCUT2D eigenvalue weighted by Gasteiger charge is 2.23. The Kier molecular flexibility index (Phi) is 7.22. The van der Waals surface area contributed by atoms with Crippen molar-refractivity contribution in [3.8, 4) is 0 Å². The van der Waals surface area contributed by atoms with Gasteiger partial charge in [-0.05, 0) is 66.3 Å². The van der Waals surface area contributed by atoms with Gasteiger partial charge in [0.2, 0.25) is 0 Å². The number of carbonyl (C=O) groups excluding carboxylic acids is 2. The molecule has 0 radical (unpaired) electrons. The fourth-order valence-corrected chi connectivity index (χ4v) is 5.04. The number of carbonyl (C=O) groups is 2. The first-order valence-electron chi connectivity index (χ1n) is 13.0. The molecule has 1 saturated heterocycles. The first-order chi connectivity index (χ1) is 18.0. The Labute approximate surface area is 218 Å². The molecule has 1 aliphatic heterocycles. The molecular weight excluding hydrogens is 458 g/mol. The number of amides is 2. The molecule has 5 rings (SSSR count). The van der Waals surface area contributed by atoms with E-state index in [2.05, 4.69) is 22.5 Å². The molecule has 2 amide bonds. The maximum atomic E-state index is 13.6. The second kappa shape index (κ2) is 10.9. The first kappa shape index (κ1) is 24.6. The molecule has 0 aromatic heterocycles. The lowest BCUT2D eigenvalue weighted by Crippen LogP contribution is -2.35. The number of piperidine rings is 1. The van der Waals surface area contributed by atoms with Crippen LogP contribution in [0.25, 0.3) is 10.8 Å². The molecule has 2 N–H and O–H groups in total. The molecule has 0 spiro atoms. The SMILES string of the molecule is CC1CCN(c2ccc(NC(=O)c3cccc4ccccc34)cc2C(=O)NC(C)c2ccccc2)CC1. The zero-order valence-electron chi connectivity index (χ0n) is 21.4. The Morgan fingerprint density at radius 2 is 1.51 bits per heavy atom. The third-order valence-corrected chi connectivity index (χ3v) is 7.30. The van der Waals surface area contributed by atoms with Gasteiger partial charge in [0.15, 0.2) is 0 Å². The van der Waals surface area contributed by atoms with Crippen LogP contribution in [-0.2, 0) is 0 Å². The van der Waals surface area contributed by atoms with Gasteiger partial charge in [0.25, 0.3) is 11.8 Å². The van der Waals surface area contributed by atoms with Gasteiger partial charge in [-0.15, -0.1) is 0 Å². The minimum Gasteiger partial charge on any atom is -0.371 e. The number of nitrogens with one attached hydrogen (secondary N) is 2. The summed E-state index contributed by atoms with van der Waals surface area (Å²) in [4.78, 5) is 29.2. The summed E-state index contributed by atoms with van der Waals surface area (Å²) in [5, 5.41) is 8.10. The van der Waals surface area contributed by atoms with E-state index in [4.69, 9.17) is 0 Å². The number of hydrogen-bond donors (Lipinski definition) is 2. The van der Waals surface area contributed by atoms with Crippen molar-refractivity contribution in [2.75, 3.05) is 23.3 Å².